The van der Waals surface area contributed by atoms with Crippen LogP contribution in [0.25, 0.3) is 0 Å². The summed E-state index contributed by atoms with van der Waals surface area (Å²) in [6.07, 6.45) is 1.85. The predicted octanol–water partition coefficient (Wildman–Crippen LogP) is 4.81. The van der Waals surface area contributed by atoms with Crippen LogP contribution < -0.4 is 5.32 Å². The first-order chi connectivity index (χ1) is 17.7. The lowest BCUT2D eigenvalue weighted by molar-refractivity contribution is -0.218. The first kappa shape index (κ1) is 37.3. The third-order valence-corrected chi connectivity index (χ3v) is 13.0. The standard InChI is InChI=1S/C20H39N3O5S8/c1-2-21-15-36(26)13-12-32-19-34-18-31-10-11-35-20(25)23-5-9-30-17-33-16-29-8-4-22-14-28-27-7-3-6-24/h14-15,24H,2-13,16-19H2,1H3,(H,23,25)/b21-15+,22-14+. The third kappa shape index (κ3) is 31.5. The van der Waals surface area contributed by atoms with E-state index in [0.717, 1.165) is 49.1 Å². The molecule has 8 nitrogen and oxygen atoms in total. The molecule has 0 spiro atoms. The minimum atomic E-state index is -0.930. The molecule has 0 rings (SSSR count). The number of nitrogens with one attached hydrogen (secondary N) is 1. The van der Waals surface area contributed by atoms with E-state index in [1.165, 1.54) is 18.2 Å². The van der Waals surface area contributed by atoms with E-state index < -0.39 is 11.2 Å². The van der Waals surface area contributed by atoms with Gasteiger partial charge >= 0.3 is 0 Å². The number of thioether (sulfide) groups is 7. The van der Waals surface area contributed by atoms with E-state index in [1.807, 2.05) is 77.5 Å². The van der Waals surface area contributed by atoms with Crippen LogP contribution in [0, 0.1) is 0 Å². The number of aliphatic hydroxyl groups is 1. The zero-order valence-electron chi connectivity index (χ0n) is 20.7. The van der Waals surface area contributed by atoms with E-state index in [2.05, 4.69) is 15.3 Å². The Morgan fingerprint density at radius 3 is 2.39 bits per heavy atom. The molecule has 0 radical (unpaired) electrons. The molecule has 0 aliphatic heterocycles. The van der Waals surface area contributed by atoms with Crippen LogP contribution in [0.2, 0.25) is 0 Å². The van der Waals surface area contributed by atoms with Crippen molar-refractivity contribution in [3.63, 3.8) is 0 Å². The molecule has 1 atom stereocenters. The number of carbonyl (C=O) groups excluding carboxylic acids is 1. The van der Waals surface area contributed by atoms with Crippen LogP contribution >= 0.6 is 82.3 Å². The molecular formula is C20H39N3O5S8. The van der Waals surface area contributed by atoms with Gasteiger partial charge in [-0.3, -0.25) is 9.79 Å². The molecule has 16 heteroatoms. The molecule has 0 saturated heterocycles. The predicted molar refractivity (Wildman–Crippen MR) is 174 cm³/mol. The van der Waals surface area contributed by atoms with Gasteiger partial charge in [-0.05, 0) is 24.5 Å². The molecule has 0 aliphatic rings. The van der Waals surface area contributed by atoms with Gasteiger partial charge in [0, 0.05) is 68.8 Å². The van der Waals surface area contributed by atoms with Crippen molar-refractivity contribution in [1.29, 1.82) is 0 Å². The van der Waals surface area contributed by atoms with Crippen molar-refractivity contribution in [2.24, 2.45) is 9.98 Å². The van der Waals surface area contributed by atoms with Gasteiger partial charge in [0.05, 0.1) is 13.2 Å². The SMILES string of the molecule is CC/N=C/[S+]([O-])CCSCSCSCCSC(=O)NCCSCSCSCC/N=C/OOCCCO. The van der Waals surface area contributed by atoms with Crippen LogP contribution in [-0.4, -0.2) is 115 Å². The van der Waals surface area contributed by atoms with Gasteiger partial charge in [-0.25, -0.2) is 4.99 Å². The smallest absolute Gasteiger partial charge is 0.279 e. The molecule has 1 unspecified atom stereocenters. The Labute approximate surface area is 249 Å². The summed E-state index contributed by atoms with van der Waals surface area (Å²) < 4.78 is 11.6. The molecular weight excluding hydrogens is 619 g/mol. The lowest BCUT2D eigenvalue weighted by atomic mass is 10.5. The lowest BCUT2D eigenvalue weighted by Gasteiger charge is -2.06. The number of nitrogens with zero attached hydrogens (tertiary/aromatic N) is 2. The number of aliphatic imine (C=N–C) groups is 2. The van der Waals surface area contributed by atoms with E-state index in [4.69, 9.17) is 14.9 Å². The molecule has 0 heterocycles. The highest BCUT2D eigenvalue weighted by molar-refractivity contribution is 8.23. The first-order valence-electron chi connectivity index (χ1n) is 11.3. The van der Waals surface area contributed by atoms with Gasteiger partial charge in [-0.2, -0.15) is 16.6 Å². The molecule has 0 aromatic rings. The van der Waals surface area contributed by atoms with Crippen LogP contribution in [-0.2, 0) is 21.0 Å². The Kier molecular flexibility index (Phi) is 33.7. The molecule has 1 amide bonds. The van der Waals surface area contributed by atoms with Gasteiger partial charge in [0.2, 0.25) is 11.9 Å². The average Bonchev–Trinajstić information content (AvgIpc) is 2.88. The topological polar surface area (TPSA) is 116 Å². The molecule has 2 N–H and O–H groups in total. The summed E-state index contributed by atoms with van der Waals surface area (Å²) in [6, 6.07) is 0. The highest BCUT2D eigenvalue weighted by atomic mass is 32.2. The molecule has 0 aromatic heterocycles. The molecule has 212 valence electrons. The lowest BCUT2D eigenvalue weighted by Crippen LogP contribution is -2.22. The maximum Gasteiger partial charge on any atom is 0.279 e. The number of hydrogen-bond acceptors (Lipinski definition) is 14. The fourth-order valence-corrected chi connectivity index (χ4v) is 10.5. The third-order valence-electron chi connectivity index (χ3n) is 3.38. The first-order valence-corrected chi connectivity index (χ1v) is 20.6. The monoisotopic (exact) mass is 657 g/mol. The summed E-state index contributed by atoms with van der Waals surface area (Å²) in [6.45, 7) is 4.45. The minimum Gasteiger partial charge on any atom is -0.611 e. The van der Waals surface area contributed by atoms with E-state index >= 15 is 0 Å². The van der Waals surface area contributed by atoms with Crippen LogP contribution in [0.3, 0.4) is 0 Å². The number of aliphatic hydroxyl groups excluding tert-OH is 1. The number of amides is 1. The summed E-state index contributed by atoms with van der Waals surface area (Å²) in [5, 5.41) is 15.7. The number of rotatable bonds is 27. The average molecular weight is 658 g/mol. The Bertz CT molecular complexity index is 542. The zero-order valence-corrected chi connectivity index (χ0v) is 27.2. The fraction of sp³-hybridized carbons (Fsp3) is 0.850. The van der Waals surface area contributed by atoms with Gasteiger partial charge in [0.15, 0.2) is 0 Å². The highest BCUT2D eigenvalue weighted by Gasteiger charge is 2.03. The van der Waals surface area contributed by atoms with Gasteiger partial charge in [0.25, 0.3) is 5.24 Å². The van der Waals surface area contributed by atoms with Gasteiger partial charge < -0.3 is 19.9 Å². The van der Waals surface area contributed by atoms with Crippen LogP contribution in [0.5, 0.6) is 0 Å². The van der Waals surface area contributed by atoms with Crippen molar-refractivity contribution in [3.05, 3.63) is 0 Å². The van der Waals surface area contributed by atoms with Gasteiger partial charge in [-0.15, -0.1) is 58.8 Å². The Morgan fingerprint density at radius 2 is 1.67 bits per heavy atom. The molecule has 36 heavy (non-hydrogen) atoms. The normalized spacial score (nSPS) is 12.5. The van der Waals surface area contributed by atoms with E-state index in [0.29, 0.717) is 38.4 Å². The zero-order chi connectivity index (χ0) is 26.4. The summed E-state index contributed by atoms with van der Waals surface area (Å²) in [5.41, 5.74) is 1.55. The van der Waals surface area contributed by atoms with Crippen molar-refractivity contribution >= 4 is 111 Å². The second-order valence-corrected chi connectivity index (χ2v) is 16.6. The largest absolute Gasteiger partial charge is 0.611 e. The number of carbonyl (C=O) groups is 1. The molecule has 0 saturated carbocycles. The fourth-order valence-electron chi connectivity index (χ4n) is 1.76. The minimum absolute atomic E-state index is 0.0607. The maximum atomic E-state index is 11.9. The molecule has 0 aromatic carbocycles. The molecule has 0 fully saturated rings. The van der Waals surface area contributed by atoms with Crippen molar-refractivity contribution in [2.45, 2.75) is 13.3 Å². The van der Waals surface area contributed by atoms with Crippen molar-refractivity contribution in [1.82, 2.24) is 5.32 Å². The Hall–Kier alpha value is 1.29. The number of hydrogen-bond donors (Lipinski definition) is 2. The second kappa shape index (κ2) is 32.5. The Morgan fingerprint density at radius 1 is 0.972 bits per heavy atom. The summed E-state index contributed by atoms with van der Waals surface area (Å²) in [4.78, 5) is 29.5. The van der Waals surface area contributed by atoms with Crippen LogP contribution in [0.15, 0.2) is 9.98 Å². The summed E-state index contributed by atoms with van der Waals surface area (Å²) >= 11 is 11.5. The van der Waals surface area contributed by atoms with Gasteiger partial charge in [-0.1, -0.05) is 11.8 Å². The quantitative estimate of drug-likeness (QED) is 0.0240. The highest BCUT2D eigenvalue weighted by Crippen LogP contribution is 2.19. The van der Waals surface area contributed by atoms with Crippen molar-refractivity contribution in [2.75, 3.05) is 87.7 Å². The van der Waals surface area contributed by atoms with Crippen molar-refractivity contribution in [3.8, 4) is 0 Å². The van der Waals surface area contributed by atoms with Crippen LogP contribution in [0.1, 0.15) is 13.3 Å². The Balaban J connectivity index is 3.24. The van der Waals surface area contributed by atoms with Crippen LogP contribution in [0.4, 0.5) is 4.79 Å². The van der Waals surface area contributed by atoms with E-state index in [-0.39, 0.29) is 11.8 Å². The summed E-state index contributed by atoms with van der Waals surface area (Å²) in [7, 11) is 0. The molecule has 0 bridgehead atoms. The van der Waals surface area contributed by atoms with E-state index in [9.17, 15) is 9.35 Å². The maximum absolute atomic E-state index is 11.9. The van der Waals surface area contributed by atoms with Gasteiger partial charge in [0.1, 0.15) is 5.75 Å². The summed E-state index contributed by atoms with van der Waals surface area (Å²) in [5.74, 6) is 5.20. The molecule has 0 aliphatic carbocycles. The second-order valence-electron chi connectivity index (χ2n) is 6.27. The van der Waals surface area contributed by atoms with E-state index in [1.54, 1.807) is 5.55 Å². The van der Waals surface area contributed by atoms with Crippen molar-refractivity contribution < 1.29 is 24.2 Å².